The quantitative estimate of drug-likeness (QED) is 0.868. The van der Waals surface area contributed by atoms with Gasteiger partial charge in [0, 0.05) is 5.54 Å². The Morgan fingerprint density at radius 2 is 1.50 bits per heavy atom. The topological polar surface area (TPSA) is 26.0 Å². The minimum absolute atomic E-state index is 0.199. The highest BCUT2D eigenvalue weighted by Gasteiger charge is 2.19. The minimum Gasteiger partial charge on any atom is -0.325 e. The van der Waals surface area contributed by atoms with Gasteiger partial charge in [0.1, 0.15) is 0 Å². The Hall–Kier alpha value is -1.60. The summed E-state index contributed by atoms with van der Waals surface area (Å²) in [4.78, 5) is 0. The summed E-state index contributed by atoms with van der Waals surface area (Å²) >= 11 is 0. The molecule has 0 saturated carbocycles. The van der Waals surface area contributed by atoms with Crippen LogP contribution < -0.4 is 5.73 Å². The Kier molecular flexibility index (Phi) is 3.83. The number of hydrogen-bond donors (Lipinski definition) is 1. The van der Waals surface area contributed by atoms with Crippen molar-refractivity contribution in [2.45, 2.75) is 32.2 Å². The van der Waals surface area contributed by atoms with Crippen LogP contribution >= 0.6 is 0 Å². The lowest BCUT2D eigenvalue weighted by Gasteiger charge is -2.25. The number of hydrogen-bond acceptors (Lipinski definition) is 1. The molecule has 2 N–H and O–H groups in total. The summed E-state index contributed by atoms with van der Waals surface area (Å²) in [6.07, 6.45) is 1.81. The second-order valence-electron chi connectivity index (χ2n) is 5.48. The smallest absolute Gasteiger partial charge is 0.0207 e. The standard InChI is InChI=1S/C17H21N/c1-14-7-6-10-16(11-14)13-17(2,18)12-15-8-4-3-5-9-15/h3-11H,12-13,18H2,1-2H3. The van der Waals surface area contributed by atoms with Gasteiger partial charge in [-0.15, -0.1) is 0 Å². The Morgan fingerprint density at radius 1 is 0.889 bits per heavy atom. The maximum absolute atomic E-state index is 6.43. The Bertz CT molecular complexity index is 500. The molecule has 94 valence electrons. The van der Waals surface area contributed by atoms with Crippen LogP contribution in [-0.2, 0) is 12.8 Å². The molecule has 0 spiro atoms. The lowest BCUT2D eigenvalue weighted by atomic mass is 9.87. The SMILES string of the molecule is Cc1cccc(CC(C)(N)Cc2ccccc2)c1. The fourth-order valence-electron chi connectivity index (χ4n) is 2.41. The molecule has 2 aromatic carbocycles. The third-order valence-corrected chi connectivity index (χ3v) is 3.14. The molecule has 1 unspecified atom stereocenters. The van der Waals surface area contributed by atoms with E-state index in [1.165, 1.54) is 16.7 Å². The Labute approximate surface area is 110 Å². The molecule has 1 atom stereocenters. The van der Waals surface area contributed by atoms with Crippen LogP contribution in [0.5, 0.6) is 0 Å². The van der Waals surface area contributed by atoms with Crippen LogP contribution in [0.3, 0.4) is 0 Å². The van der Waals surface area contributed by atoms with Gasteiger partial charge in [0.05, 0.1) is 0 Å². The lowest BCUT2D eigenvalue weighted by molar-refractivity contribution is 0.463. The van der Waals surface area contributed by atoms with Crippen molar-refractivity contribution in [2.24, 2.45) is 5.73 Å². The van der Waals surface area contributed by atoms with E-state index >= 15 is 0 Å². The molecule has 0 amide bonds. The van der Waals surface area contributed by atoms with Gasteiger partial charge in [0.25, 0.3) is 0 Å². The first-order valence-electron chi connectivity index (χ1n) is 6.43. The summed E-state index contributed by atoms with van der Waals surface area (Å²) in [5.74, 6) is 0. The van der Waals surface area contributed by atoms with Gasteiger partial charge in [-0.2, -0.15) is 0 Å². The van der Waals surface area contributed by atoms with E-state index in [4.69, 9.17) is 5.73 Å². The van der Waals surface area contributed by atoms with E-state index in [0.717, 1.165) is 12.8 Å². The molecule has 0 saturated heterocycles. The molecule has 0 radical (unpaired) electrons. The first kappa shape index (κ1) is 12.8. The fourth-order valence-corrected chi connectivity index (χ4v) is 2.41. The summed E-state index contributed by atoms with van der Waals surface area (Å²) in [7, 11) is 0. The van der Waals surface area contributed by atoms with Crippen LogP contribution in [0, 0.1) is 6.92 Å². The maximum Gasteiger partial charge on any atom is 0.0207 e. The summed E-state index contributed by atoms with van der Waals surface area (Å²) < 4.78 is 0. The first-order valence-corrected chi connectivity index (χ1v) is 6.43. The predicted molar refractivity (Wildman–Crippen MR) is 77.6 cm³/mol. The molecule has 0 aliphatic rings. The average Bonchev–Trinajstić information content (AvgIpc) is 2.28. The number of nitrogens with two attached hydrogens (primary N) is 1. The van der Waals surface area contributed by atoms with Crippen molar-refractivity contribution in [2.75, 3.05) is 0 Å². The van der Waals surface area contributed by atoms with Gasteiger partial charge in [-0.3, -0.25) is 0 Å². The van der Waals surface area contributed by atoms with Gasteiger partial charge in [0.15, 0.2) is 0 Å². The molecule has 18 heavy (non-hydrogen) atoms. The molecule has 2 aromatic rings. The van der Waals surface area contributed by atoms with Crippen LogP contribution in [0.25, 0.3) is 0 Å². The molecule has 0 aromatic heterocycles. The molecule has 2 rings (SSSR count). The van der Waals surface area contributed by atoms with Crippen LogP contribution in [0.1, 0.15) is 23.6 Å². The third kappa shape index (κ3) is 3.71. The van der Waals surface area contributed by atoms with Crippen LogP contribution in [0.15, 0.2) is 54.6 Å². The van der Waals surface area contributed by atoms with Crippen LogP contribution in [0.4, 0.5) is 0 Å². The van der Waals surface area contributed by atoms with Gasteiger partial charge < -0.3 is 5.73 Å². The average molecular weight is 239 g/mol. The number of benzene rings is 2. The van der Waals surface area contributed by atoms with E-state index in [1.807, 2.05) is 6.07 Å². The van der Waals surface area contributed by atoms with Crippen molar-refractivity contribution in [3.8, 4) is 0 Å². The third-order valence-electron chi connectivity index (χ3n) is 3.14. The fraction of sp³-hybridized carbons (Fsp3) is 0.294. The zero-order valence-electron chi connectivity index (χ0n) is 11.2. The molecule has 0 aliphatic carbocycles. The number of rotatable bonds is 4. The Morgan fingerprint density at radius 3 is 2.17 bits per heavy atom. The summed E-state index contributed by atoms with van der Waals surface area (Å²) in [6.45, 7) is 4.25. The second-order valence-corrected chi connectivity index (χ2v) is 5.48. The van der Waals surface area contributed by atoms with E-state index in [2.05, 4.69) is 62.4 Å². The van der Waals surface area contributed by atoms with Gasteiger partial charge in [-0.05, 0) is 37.8 Å². The predicted octanol–water partition coefficient (Wildman–Crippen LogP) is 3.50. The molecule has 0 heterocycles. The highest BCUT2D eigenvalue weighted by molar-refractivity contribution is 5.25. The first-order chi connectivity index (χ1) is 8.55. The van der Waals surface area contributed by atoms with Crippen LogP contribution in [0.2, 0.25) is 0 Å². The summed E-state index contributed by atoms with van der Waals surface area (Å²) in [6, 6.07) is 19.0. The summed E-state index contributed by atoms with van der Waals surface area (Å²) in [5, 5.41) is 0. The zero-order valence-corrected chi connectivity index (χ0v) is 11.2. The highest BCUT2D eigenvalue weighted by atomic mass is 14.7. The van der Waals surface area contributed by atoms with Gasteiger partial charge in [0.2, 0.25) is 0 Å². The zero-order chi connectivity index (χ0) is 13.0. The van der Waals surface area contributed by atoms with Gasteiger partial charge in [-0.1, -0.05) is 60.2 Å². The van der Waals surface area contributed by atoms with E-state index in [1.54, 1.807) is 0 Å². The largest absolute Gasteiger partial charge is 0.325 e. The maximum atomic E-state index is 6.43. The minimum atomic E-state index is -0.199. The van der Waals surface area contributed by atoms with Crippen molar-refractivity contribution < 1.29 is 0 Å². The molecule has 0 aliphatic heterocycles. The van der Waals surface area contributed by atoms with Crippen molar-refractivity contribution in [3.63, 3.8) is 0 Å². The normalized spacial score (nSPS) is 14.2. The molecule has 0 bridgehead atoms. The second kappa shape index (κ2) is 5.36. The molecule has 1 nitrogen and oxygen atoms in total. The van der Waals surface area contributed by atoms with Gasteiger partial charge in [-0.25, -0.2) is 0 Å². The number of aryl methyl sites for hydroxylation is 1. The van der Waals surface area contributed by atoms with Crippen LogP contribution in [-0.4, -0.2) is 5.54 Å². The van der Waals surface area contributed by atoms with E-state index in [9.17, 15) is 0 Å². The lowest BCUT2D eigenvalue weighted by Crippen LogP contribution is -2.40. The molecule has 1 heteroatoms. The van der Waals surface area contributed by atoms with E-state index < -0.39 is 0 Å². The molecular formula is C17H21N. The Balaban J connectivity index is 2.07. The van der Waals surface area contributed by atoms with Crippen molar-refractivity contribution in [3.05, 3.63) is 71.3 Å². The van der Waals surface area contributed by atoms with Gasteiger partial charge >= 0.3 is 0 Å². The molecular weight excluding hydrogens is 218 g/mol. The van der Waals surface area contributed by atoms with Crippen molar-refractivity contribution >= 4 is 0 Å². The van der Waals surface area contributed by atoms with E-state index in [-0.39, 0.29) is 5.54 Å². The molecule has 0 fully saturated rings. The summed E-state index contributed by atoms with van der Waals surface area (Å²) in [5.41, 5.74) is 10.1. The van der Waals surface area contributed by atoms with Crippen molar-refractivity contribution in [1.82, 2.24) is 0 Å². The monoisotopic (exact) mass is 239 g/mol. The van der Waals surface area contributed by atoms with Crippen molar-refractivity contribution in [1.29, 1.82) is 0 Å². The highest BCUT2D eigenvalue weighted by Crippen LogP contribution is 2.17. The van der Waals surface area contributed by atoms with E-state index in [0.29, 0.717) is 0 Å².